The van der Waals surface area contributed by atoms with Crippen LogP contribution in [0.3, 0.4) is 0 Å². The molecule has 0 aromatic carbocycles. The topological polar surface area (TPSA) is 102 Å². The number of carbonyl (C=O) groups excluding carboxylic acids is 3. The Morgan fingerprint density at radius 3 is 1.16 bits per heavy atom. The molecule has 0 aromatic rings. The predicted octanol–water partition coefficient (Wildman–Crippen LogP) is 14.1. The molecule has 62 heavy (non-hydrogen) atoms. The maximum Gasteiger partial charge on any atom is 0.306 e. The Kier molecular flexibility index (Phi) is 44.2. The monoisotopic (exact) mass is 878 g/mol. The van der Waals surface area contributed by atoms with Gasteiger partial charge in [0.1, 0.15) is 12.6 Å². The fourth-order valence-corrected chi connectivity index (χ4v) is 8.25. The number of hydrogen-bond acceptors (Lipinski definition) is 7. The van der Waals surface area contributed by atoms with Crippen molar-refractivity contribution in [3.8, 4) is 0 Å². The fourth-order valence-electron chi connectivity index (χ4n) is 8.25. The summed E-state index contributed by atoms with van der Waals surface area (Å²) in [6.45, 7) is 4.71. The van der Waals surface area contributed by atoms with Crippen LogP contribution < -0.4 is 5.11 Å². The van der Waals surface area contributed by atoms with Crippen molar-refractivity contribution in [1.82, 2.24) is 0 Å². The van der Waals surface area contributed by atoms with Crippen LogP contribution in [0.5, 0.6) is 0 Å². The van der Waals surface area contributed by atoms with Crippen molar-refractivity contribution in [2.75, 3.05) is 41.0 Å². The zero-order valence-electron chi connectivity index (χ0n) is 41.8. The van der Waals surface area contributed by atoms with Gasteiger partial charge in [0.25, 0.3) is 0 Å². The second-order valence-electron chi connectivity index (χ2n) is 19.5. The van der Waals surface area contributed by atoms with Gasteiger partial charge < -0.3 is 28.6 Å². The lowest BCUT2D eigenvalue weighted by atomic mass is 10.0. The van der Waals surface area contributed by atoms with Gasteiger partial charge in [0.05, 0.1) is 40.3 Å². The summed E-state index contributed by atoms with van der Waals surface area (Å²) in [4.78, 5) is 37.1. The number of nitrogens with zero attached hydrogens (tertiary/aromatic N) is 1. The first kappa shape index (κ1) is 60.1. The number of quaternary nitrogens is 1. The first-order chi connectivity index (χ1) is 30.1. The molecule has 0 radical (unpaired) electrons. The predicted molar refractivity (Wildman–Crippen MR) is 259 cm³/mol. The van der Waals surface area contributed by atoms with E-state index in [0.717, 1.165) is 38.5 Å². The Hall–Kier alpha value is -1.93. The first-order valence-electron chi connectivity index (χ1n) is 26.7. The molecular formula is C54H103NO7. The van der Waals surface area contributed by atoms with Crippen LogP contribution in [0.4, 0.5) is 0 Å². The second-order valence-corrected chi connectivity index (χ2v) is 19.5. The number of likely N-dealkylation sites (N-methyl/N-ethyl adjacent to an activating group) is 1. The average molecular weight is 878 g/mol. The smallest absolute Gasteiger partial charge is 0.306 e. The molecule has 0 fully saturated rings. The van der Waals surface area contributed by atoms with Crippen molar-refractivity contribution in [3.63, 3.8) is 0 Å². The van der Waals surface area contributed by atoms with E-state index in [-0.39, 0.29) is 42.7 Å². The summed E-state index contributed by atoms with van der Waals surface area (Å²) in [5, 5.41) is 11.7. The van der Waals surface area contributed by atoms with Crippen molar-refractivity contribution >= 4 is 17.9 Å². The molecule has 0 rings (SSSR count). The third-order valence-corrected chi connectivity index (χ3v) is 12.4. The second kappa shape index (κ2) is 45.6. The molecule has 8 nitrogen and oxygen atoms in total. The summed E-state index contributed by atoms with van der Waals surface area (Å²) in [5.41, 5.74) is 0. The number of carboxylic acids is 1. The Labute approximate surface area is 384 Å². The molecule has 366 valence electrons. The molecule has 0 amide bonds. The summed E-state index contributed by atoms with van der Waals surface area (Å²) in [6, 6.07) is -0.723. The first-order valence-corrected chi connectivity index (χ1v) is 26.7. The van der Waals surface area contributed by atoms with Crippen molar-refractivity contribution < 1.29 is 38.2 Å². The van der Waals surface area contributed by atoms with E-state index in [1.165, 1.54) is 193 Å². The lowest BCUT2D eigenvalue weighted by molar-refractivity contribution is -0.889. The van der Waals surface area contributed by atoms with Gasteiger partial charge in [-0.05, 0) is 38.5 Å². The number of carboxylic acid groups (broad SMARTS) is 1. The molecule has 0 bridgehead atoms. The highest BCUT2D eigenvalue weighted by Crippen LogP contribution is 2.17. The van der Waals surface area contributed by atoms with E-state index in [2.05, 4.69) is 26.0 Å². The fraction of sp³-hybridized carbons (Fsp3) is 0.907. The van der Waals surface area contributed by atoms with E-state index in [0.29, 0.717) is 12.8 Å². The van der Waals surface area contributed by atoms with Crippen molar-refractivity contribution in [1.29, 1.82) is 0 Å². The van der Waals surface area contributed by atoms with Crippen LogP contribution in [0.15, 0.2) is 12.2 Å². The van der Waals surface area contributed by atoms with Crippen molar-refractivity contribution in [2.24, 2.45) is 0 Å². The van der Waals surface area contributed by atoms with E-state index in [1.807, 2.05) is 21.1 Å². The molecule has 0 aromatic heterocycles. The molecular weight excluding hydrogens is 775 g/mol. The zero-order chi connectivity index (χ0) is 45.6. The number of carbonyl (C=O) groups is 3. The SMILES string of the molecule is CCCCCCCCCC/C=C/CCCCCCCCCC(=O)OCC(COCCC(C(=O)[O-])[N+](C)(C)C)OC(=O)CCCCCCCCCCCCCCCCCCCCC. The molecule has 0 heterocycles. The number of esters is 2. The van der Waals surface area contributed by atoms with Gasteiger partial charge in [-0.2, -0.15) is 0 Å². The van der Waals surface area contributed by atoms with Gasteiger partial charge in [0.15, 0.2) is 6.10 Å². The minimum Gasteiger partial charge on any atom is -0.544 e. The highest BCUT2D eigenvalue weighted by atomic mass is 16.6. The van der Waals surface area contributed by atoms with E-state index in [4.69, 9.17) is 14.2 Å². The molecule has 8 heteroatoms. The molecule has 2 unspecified atom stereocenters. The van der Waals surface area contributed by atoms with Gasteiger partial charge in [-0.15, -0.1) is 0 Å². The minimum absolute atomic E-state index is 0.0458. The molecule has 0 aliphatic carbocycles. The van der Waals surface area contributed by atoms with Crippen LogP contribution >= 0.6 is 0 Å². The number of aliphatic carboxylic acids is 1. The van der Waals surface area contributed by atoms with E-state index in [1.54, 1.807) is 0 Å². The number of rotatable bonds is 49. The highest BCUT2D eigenvalue weighted by molar-refractivity contribution is 5.70. The molecule has 0 spiro atoms. The van der Waals surface area contributed by atoms with Gasteiger partial charge in [0.2, 0.25) is 0 Å². The average Bonchev–Trinajstić information content (AvgIpc) is 3.23. The molecule has 0 saturated heterocycles. The van der Waals surface area contributed by atoms with Gasteiger partial charge in [-0.1, -0.05) is 219 Å². The molecule has 0 aliphatic heterocycles. The van der Waals surface area contributed by atoms with Crippen molar-refractivity contribution in [2.45, 2.75) is 276 Å². The lowest BCUT2D eigenvalue weighted by Crippen LogP contribution is -2.55. The number of allylic oxidation sites excluding steroid dienone is 2. The van der Waals surface area contributed by atoms with Gasteiger partial charge in [-0.3, -0.25) is 9.59 Å². The van der Waals surface area contributed by atoms with Crippen LogP contribution in [0.25, 0.3) is 0 Å². The summed E-state index contributed by atoms with van der Waals surface area (Å²) >= 11 is 0. The summed E-state index contributed by atoms with van der Waals surface area (Å²) in [6.07, 6.45) is 51.0. The Morgan fingerprint density at radius 2 is 0.806 bits per heavy atom. The largest absolute Gasteiger partial charge is 0.544 e. The molecule has 0 saturated carbocycles. The van der Waals surface area contributed by atoms with Crippen LogP contribution in [-0.4, -0.2) is 75.5 Å². The molecule has 0 N–H and O–H groups in total. The van der Waals surface area contributed by atoms with Crippen LogP contribution in [0.1, 0.15) is 264 Å². The van der Waals surface area contributed by atoms with Crippen LogP contribution in [-0.2, 0) is 28.6 Å². The summed E-state index contributed by atoms with van der Waals surface area (Å²) in [7, 11) is 5.43. The maximum absolute atomic E-state index is 12.8. The highest BCUT2D eigenvalue weighted by Gasteiger charge is 2.25. The zero-order valence-corrected chi connectivity index (χ0v) is 41.8. The van der Waals surface area contributed by atoms with E-state index >= 15 is 0 Å². The normalized spacial score (nSPS) is 12.9. The Morgan fingerprint density at radius 1 is 0.468 bits per heavy atom. The van der Waals surface area contributed by atoms with Crippen LogP contribution in [0, 0.1) is 0 Å². The number of ether oxygens (including phenoxy) is 3. The lowest BCUT2D eigenvalue weighted by Gasteiger charge is -2.34. The minimum atomic E-state index is -1.12. The van der Waals surface area contributed by atoms with E-state index < -0.39 is 18.1 Å². The van der Waals surface area contributed by atoms with E-state index in [9.17, 15) is 19.5 Å². The van der Waals surface area contributed by atoms with Gasteiger partial charge in [-0.25, -0.2) is 0 Å². The standard InChI is InChI=1S/C54H103NO7/c1-6-8-10-12-14-16-18-20-22-24-26-28-30-32-34-36-38-40-42-44-52(56)61-49-50(48-60-47-46-51(54(58)59)55(3,4)5)62-53(57)45-43-41-39-37-35-33-31-29-27-25-23-21-19-17-15-13-11-9-7-2/h24,26,50-51H,6-23,25,27-49H2,1-5H3/b26-24+. The number of hydrogen-bond donors (Lipinski definition) is 0. The van der Waals surface area contributed by atoms with Gasteiger partial charge >= 0.3 is 11.9 Å². The number of unbranched alkanes of at least 4 members (excludes halogenated alkanes) is 33. The Bertz CT molecular complexity index is 1020. The summed E-state index contributed by atoms with van der Waals surface area (Å²) < 4.78 is 17.3. The quantitative estimate of drug-likeness (QED) is 0.0260. The Balaban J connectivity index is 4.19. The third kappa shape index (κ3) is 43.3. The third-order valence-electron chi connectivity index (χ3n) is 12.4. The van der Waals surface area contributed by atoms with Gasteiger partial charge in [0, 0.05) is 19.3 Å². The maximum atomic E-state index is 12.8. The van der Waals surface area contributed by atoms with Crippen LogP contribution in [0.2, 0.25) is 0 Å². The summed E-state index contributed by atoms with van der Waals surface area (Å²) in [5.74, 6) is -1.72. The van der Waals surface area contributed by atoms with Crippen molar-refractivity contribution in [3.05, 3.63) is 12.2 Å². The molecule has 2 atom stereocenters. The molecule has 0 aliphatic rings.